The van der Waals surface area contributed by atoms with Crippen LogP contribution in [-0.2, 0) is 27.1 Å². The summed E-state index contributed by atoms with van der Waals surface area (Å²) in [4.78, 5) is 45.7. The number of methoxy groups -OCH3 is 1. The van der Waals surface area contributed by atoms with Gasteiger partial charge in [0, 0.05) is 79.2 Å². The molecular formula is C59H65ClF4N12O6. The molecule has 4 aliphatic rings. The largest absolute Gasteiger partial charge is 0.486 e. The number of fused-ring (bicyclic) bond motifs is 4. The maximum atomic E-state index is 15.8. The highest BCUT2D eigenvalue weighted by Gasteiger charge is 2.45. The summed E-state index contributed by atoms with van der Waals surface area (Å²) in [5, 5.41) is 33.8. The molecule has 0 aliphatic carbocycles. The first-order valence-electron chi connectivity index (χ1n) is 27.6. The zero-order valence-corrected chi connectivity index (χ0v) is 47.1. The van der Waals surface area contributed by atoms with Crippen molar-refractivity contribution in [2.24, 2.45) is 16.3 Å². The molecule has 3 aromatic heterocycles. The van der Waals surface area contributed by atoms with E-state index in [-0.39, 0.29) is 108 Å². The molecule has 82 heavy (non-hydrogen) atoms. The van der Waals surface area contributed by atoms with E-state index in [0.717, 1.165) is 46.4 Å². The lowest BCUT2D eigenvalue weighted by Gasteiger charge is -2.34. The Morgan fingerprint density at radius 1 is 0.963 bits per heavy atom. The van der Waals surface area contributed by atoms with Gasteiger partial charge in [-0.05, 0) is 77.6 Å². The lowest BCUT2D eigenvalue weighted by molar-refractivity contribution is -0.144. The van der Waals surface area contributed by atoms with Crippen molar-refractivity contribution >= 4 is 51.0 Å². The Balaban J connectivity index is 0.00000372. The Hall–Kier alpha value is -7.53. The highest BCUT2D eigenvalue weighted by atomic mass is 35.5. The number of aryl methyl sites for hydroxylation is 1. The SMILES string of the molecule is CC.COCCOc1nc(N2CC3CC2CN3)c2cc(C(F)(F)F)c(-c3c(Cl)c(F)cc4[nH]ncc34)c(OCc3ccc(C4CN(C(C(=O)N5CCCC5C(=O)NC(CO)c5ccc(-c6ccncc6C)cc5)C(C)C)N=N4)cc3)c2n1. The highest BCUT2D eigenvalue weighted by Crippen LogP contribution is 2.52. The van der Waals surface area contributed by atoms with Gasteiger partial charge in [-0.15, -0.1) is 0 Å². The number of ether oxygens (including phenoxy) is 3. The average molecular weight is 1150 g/mol. The summed E-state index contributed by atoms with van der Waals surface area (Å²) < 4.78 is 80.8. The monoisotopic (exact) mass is 1150 g/mol. The molecule has 4 aromatic carbocycles. The smallest absolute Gasteiger partial charge is 0.417 e. The Labute approximate surface area is 476 Å². The molecule has 0 spiro atoms. The van der Waals surface area contributed by atoms with Crippen LogP contribution in [0.5, 0.6) is 11.8 Å². The van der Waals surface area contributed by atoms with Crippen molar-refractivity contribution in [2.45, 2.75) is 103 Å². The normalized spacial score (nSPS) is 19.3. The number of rotatable bonds is 18. The van der Waals surface area contributed by atoms with E-state index in [4.69, 9.17) is 35.8 Å². The summed E-state index contributed by atoms with van der Waals surface area (Å²) in [6, 6.07) is 16.0. The van der Waals surface area contributed by atoms with Gasteiger partial charge >= 0.3 is 12.2 Å². The summed E-state index contributed by atoms with van der Waals surface area (Å²) in [6.07, 6.45) is 1.63. The van der Waals surface area contributed by atoms with E-state index in [1.807, 2.05) is 82.0 Å². The predicted octanol–water partition coefficient (Wildman–Crippen LogP) is 10.1. The quantitative estimate of drug-likeness (QED) is 0.0467. The standard InChI is InChI=1S/C57H59ClF4N12O6.C2H6/c1-30(2)51(55(77)72-17-5-6-46(72)54(76)66-45(28-75)35-13-11-33(12-14-35)38-15-16-63-23-31(38)3)74-27-44(70-71-74)34-9-7-32(8-10-34)29-80-52-48(47-40-25-65-69-43(40)22-42(59)49(47)58)41(57(60,61)62)21-39-50(52)67-56(79-19-18-78-4)68-53(39)73-26-36-20-37(73)24-64-36;1-2/h7-16,21-23,25,30,36-37,44-46,51,64,75H,5-6,17-20,24,26-29H2,1-4H3,(H,65,69)(H,66,76);1-2H3. The molecule has 18 nitrogen and oxygen atoms in total. The van der Waals surface area contributed by atoms with Crippen LogP contribution in [0.4, 0.5) is 23.4 Å². The van der Waals surface area contributed by atoms with Crippen molar-refractivity contribution in [3.63, 3.8) is 0 Å². The Bertz CT molecular complexity index is 3480. The third-order valence-electron chi connectivity index (χ3n) is 15.5. The molecule has 6 unspecified atom stereocenters. The van der Waals surface area contributed by atoms with Crippen LogP contribution >= 0.6 is 11.6 Å². The van der Waals surface area contributed by atoms with Gasteiger partial charge in [0.1, 0.15) is 48.5 Å². The third kappa shape index (κ3) is 11.5. The van der Waals surface area contributed by atoms with Crippen LogP contribution in [0.25, 0.3) is 44.1 Å². The molecule has 2 amide bonds. The zero-order valence-electron chi connectivity index (χ0n) is 46.3. The summed E-state index contributed by atoms with van der Waals surface area (Å²) in [5.41, 5.74) is 3.19. The Kier molecular flexibility index (Phi) is 17.2. The number of hydrogen-bond acceptors (Lipinski definition) is 15. The number of H-pyrrole nitrogens is 1. The second-order valence-electron chi connectivity index (χ2n) is 21.0. The number of carbonyl (C=O) groups is 2. The molecule has 4 N–H and O–H groups in total. The van der Waals surface area contributed by atoms with Gasteiger partial charge in [-0.2, -0.15) is 33.4 Å². The minimum atomic E-state index is -5.02. The molecule has 11 rings (SSSR count). The van der Waals surface area contributed by atoms with Crippen molar-refractivity contribution in [3.05, 3.63) is 124 Å². The molecule has 4 aliphatic heterocycles. The van der Waals surface area contributed by atoms with Gasteiger partial charge in [-0.25, -0.2) is 4.39 Å². The van der Waals surface area contributed by atoms with Gasteiger partial charge in [0.15, 0.2) is 5.75 Å². The van der Waals surface area contributed by atoms with Crippen molar-refractivity contribution in [3.8, 4) is 34.0 Å². The number of aliphatic hydroxyl groups is 1. The Morgan fingerprint density at radius 3 is 2.43 bits per heavy atom. The van der Waals surface area contributed by atoms with E-state index in [2.05, 4.69) is 36.2 Å². The number of nitrogens with one attached hydrogen (secondary N) is 3. The lowest BCUT2D eigenvalue weighted by atomic mass is 9.93. The maximum Gasteiger partial charge on any atom is 0.417 e. The van der Waals surface area contributed by atoms with Crippen molar-refractivity contribution in [1.29, 1.82) is 0 Å². The van der Waals surface area contributed by atoms with Crippen LogP contribution in [0, 0.1) is 18.7 Å². The Morgan fingerprint density at radius 2 is 1.74 bits per heavy atom. The van der Waals surface area contributed by atoms with Gasteiger partial charge < -0.3 is 39.8 Å². The number of aromatic amines is 1. The fourth-order valence-corrected chi connectivity index (χ4v) is 11.8. The van der Waals surface area contributed by atoms with Crippen molar-refractivity contribution < 1.29 is 46.5 Å². The molecular weight excluding hydrogens is 1080 g/mol. The first-order chi connectivity index (χ1) is 39.6. The number of halogens is 5. The number of hydrogen-bond donors (Lipinski definition) is 4. The fraction of sp³-hybridized carbons (Fsp3) is 0.424. The number of nitrogens with zero attached hydrogens (tertiary/aromatic N) is 9. The zero-order chi connectivity index (χ0) is 58.0. The number of alkyl halides is 3. The van der Waals surface area contributed by atoms with Crippen LogP contribution in [-0.4, -0.2) is 129 Å². The number of likely N-dealkylation sites (tertiary alicyclic amines) is 1. The molecule has 6 atom stereocenters. The molecule has 432 valence electrons. The van der Waals surface area contributed by atoms with Gasteiger partial charge in [0.05, 0.1) is 48.1 Å². The number of anilines is 1. The number of amides is 2. The average Bonchev–Trinajstić information content (AvgIpc) is 4.46. The molecule has 3 saturated heterocycles. The van der Waals surface area contributed by atoms with E-state index in [1.54, 1.807) is 34.4 Å². The summed E-state index contributed by atoms with van der Waals surface area (Å²) in [7, 11) is 1.50. The number of piperazine rings is 1. The maximum absolute atomic E-state index is 15.8. The van der Waals surface area contributed by atoms with Crippen molar-refractivity contribution in [2.75, 3.05) is 58.0 Å². The summed E-state index contributed by atoms with van der Waals surface area (Å²) >= 11 is 6.68. The third-order valence-corrected chi connectivity index (χ3v) is 15.9. The molecule has 23 heteroatoms. The lowest BCUT2D eigenvalue weighted by Crippen LogP contribution is -2.54. The first-order valence-corrected chi connectivity index (χ1v) is 28.0. The van der Waals surface area contributed by atoms with Crippen LogP contribution < -0.4 is 25.0 Å². The number of aromatic nitrogens is 5. The van der Waals surface area contributed by atoms with E-state index >= 15 is 17.6 Å². The van der Waals surface area contributed by atoms with E-state index < -0.39 is 52.3 Å². The fourth-order valence-electron chi connectivity index (χ4n) is 11.5. The van der Waals surface area contributed by atoms with Gasteiger partial charge in [0.25, 0.3) is 0 Å². The molecule has 0 saturated carbocycles. The molecule has 2 bridgehead atoms. The number of benzene rings is 4. The minimum absolute atomic E-state index is 0.0101. The number of aliphatic hydroxyl groups excluding tert-OH is 1. The topological polar surface area (TPSA) is 208 Å². The first kappa shape index (κ1) is 57.7. The second-order valence-corrected chi connectivity index (χ2v) is 21.4. The van der Waals surface area contributed by atoms with E-state index in [0.29, 0.717) is 38.0 Å². The van der Waals surface area contributed by atoms with Crippen LogP contribution in [0.3, 0.4) is 0 Å². The van der Waals surface area contributed by atoms with Gasteiger partial charge in [0.2, 0.25) is 11.8 Å². The molecule has 7 heterocycles. The summed E-state index contributed by atoms with van der Waals surface area (Å²) in [6.45, 7) is 11.1. The minimum Gasteiger partial charge on any atom is -0.486 e. The number of pyridine rings is 1. The van der Waals surface area contributed by atoms with Crippen LogP contribution in [0.1, 0.15) is 86.9 Å². The van der Waals surface area contributed by atoms with Crippen LogP contribution in [0.2, 0.25) is 5.02 Å². The number of carbonyl (C=O) groups excluding carboxylic acids is 2. The second kappa shape index (κ2) is 24.5. The van der Waals surface area contributed by atoms with E-state index in [9.17, 15) is 14.7 Å². The molecule has 3 fully saturated rings. The molecule has 0 radical (unpaired) electrons. The highest BCUT2D eigenvalue weighted by molar-refractivity contribution is 6.35. The van der Waals surface area contributed by atoms with Gasteiger partial charge in [-0.1, -0.05) is 93.1 Å². The summed E-state index contributed by atoms with van der Waals surface area (Å²) in [5.74, 6) is -1.91. The van der Waals surface area contributed by atoms with Gasteiger partial charge in [-0.3, -0.25) is 24.7 Å². The molecule has 7 aromatic rings. The predicted molar refractivity (Wildman–Crippen MR) is 302 cm³/mol. The van der Waals surface area contributed by atoms with Crippen molar-refractivity contribution in [1.82, 2.24) is 45.7 Å². The van der Waals surface area contributed by atoms with E-state index in [1.165, 1.54) is 13.3 Å². The van der Waals surface area contributed by atoms with Crippen LogP contribution in [0.15, 0.2) is 95.7 Å².